The zero-order valence-electron chi connectivity index (χ0n) is 9.42. The minimum absolute atomic E-state index is 0.0194. The van der Waals surface area contributed by atoms with Crippen molar-refractivity contribution < 1.29 is 9.59 Å². The van der Waals surface area contributed by atoms with Gasteiger partial charge in [-0.1, -0.05) is 12.8 Å². The summed E-state index contributed by atoms with van der Waals surface area (Å²) in [5, 5.41) is 8.33. The quantitative estimate of drug-likeness (QED) is 0.453. The van der Waals surface area contributed by atoms with E-state index in [0.29, 0.717) is 19.1 Å². The van der Waals surface area contributed by atoms with E-state index in [1.807, 2.05) is 0 Å². The highest BCUT2D eigenvalue weighted by Crippen LogP contribution is 2.17. The van der Waals surface area contributed by atoms with Crippen LogP contribution in [0.3, 0.4) is 0 Å². The van der Waals surface area contributed by atoms with E-state index < -0.39 is 6.03 Å². The molecule has 92 valence electrons. The standard InChI is InChI=1S/C10H20N4O2/c11-10(16)13-6-5-12-7-9(15)14-8-3-1-2-4-8/h8,12H,1-7H2,(H,14,15)(H3,11,13,16). The normalized spacial score (nSPS) is 16.0. The average Bonchev–Trinajstić information content (AvgIpc) is 2.69. The Balaban J connectivity index is 1.95. The lowest BCUT2D eigenvalue weighted by Crippen LogP contribution is -2.41. The van der Waals surface area contributed by atoms with E-state index in [9.17, 15) is 9.59 Å². The van der Waals surface area contributed by atoms with E-state index in [1.165, 1.54) is 12.8 Å². The lowest BCUT2D eigenvalue weighted by atomic mass is 10.2. The molecule has 0 aromatic heterocycles. The van der Waals surface area contributed by atoms with Crippen molar-refractivity contribution in [3.05, 3.63) is 0 Å². The number of hydrogen-bond acceptors (Lipinski definition) is 3. The molecule has 0 aromatic rings. The Morgan fingerprint density at radius 3 is 2.50 bits per heavy atom. The lowest BCUT2D eigenvalue weighted by molar-refractivity contribution is -0.120. The van der Waals surface area contributed by atoms with Crippen molar-refractivity contribution in [1.29, 1.82) is 0 Å². The summed E-state index contributed by atoms with van der Waals surface area (Å²) in [6.45, 7) is 1.27. The minimum Gasteiger partial charge on any atom is -0.352 e. The van der Waals surface area contributed by atoms with Crippen LogP contribution in [0.25, 0.3) is 0 Å². The third-order valence-electron chi connectivity index (χ3n) is 2.61. The summed E-state index contributed by atoms with van der Waals surface area (Å²) in [5.41, 5.74) is 4.89. The van der Waals surface area contributed by atoms with Crippen molar-refractivity contribution in [2.24, 2.45) is 5.73 Å². The number of nitrogens with one attached hydrogen (secondary N) is 3. The Morgan fingerprint density at radius 1 is 1.19 bits per heavy atom. The summed E-state index contributed by atoms with van der Waals surface area (Å²) in [7, 11) is 0. The van der Waals surface area contributed by atoms with Crippen LogP contribution in [0.5, 0.6) is 0 Å². The van der Waals surface area contributed by atoms with E-state index >= 15 is 0 Å². The van der Waals surface area contributed by atoms with Gasteiger partial charge in [0, 0.05) is 19.1 Å². The first-order valence-corrected chi connectivity index (χ1v) is 5.72. The molecule has 3 amide bonds. The smallest absolute Gasteiger partial charge is 0.312 e. The van der Waals surface area contributed by atoms with Crippen molar-refractivity contribution in [1.82, 2.24) is 16.0 Å². The van der Waals surface area contributed by atoms with Crippen molar-refractivity contribution in [3.63, 3.8) is 0 Å². The van der Waals surface area contributed by atoms with Gasteiger partial charge in [0.05, 0.1) is 6.54 Å². The highest BCUT2D eigenvalue weighted by atomic mass is 16.2. The third-order valence-corrected chi connectivity index (χ3v) is 2.61. The predicted octanol–water partition coefficient (Wildman–Crippen LogP) is -0.697. The molecule has 0 heterocycles. The van der Waals surface area contributed by atoms with Crippen LogP contribution in [0.15, 0.2) is 0 Å². The fourth-order valence-corrected chi connectivity index (χ4v) is 1.82. The number of amides is 3. The van der Waals surface area contributed by atoms with Gasteiger partial charge in [0.25, 0.3) is 0 Å². The highest BCUT2D eigenvalue weighted by molar-refractivity contribution is 5.78. The van der Waals surface area contributed by atoms with E-state index in [2.05, 4.69) is 16.0 Å². The molecule has 0 aliphatic heterocycles. The molecule has 0 bridgehead atoms. The fraction of sp³-hybridized carbons (Fsp3) is 0.800. The van der Waals surface area contributed by atoms with Crippen LogP contribution in [0.4, 0.5) is 4.79 Å². The maximum absolute atomic E-state index is 11.4. The molecule has 1 rings (SSSR count). The van der Waals surface area contributed by atoms with Gasteiger partial charge >= 0.3 is 6.03 Å². The van der Waals surface area contributed by atoms with Gasteiger partial charge in [0.15, 0.2) is 0 Å². The van der Waals surface area contributed by atoms with Crippen LogP contribution >= 0.6 is 0 Å². The van der Waals surface area contributed by atoms with Gasteiger partial charge in [-0.15, -0.1) is 0 Å². The molecule has 5 N–H and O–H groups in total. The van der Waals surface area contributed by atoms with Gasteiger partial charge in [0.2, 0.25) is 5.91 Å². The van der Waals surface area contributed by atoms with Gasteiger partial charge in [-0.05, 0) is 12.8 Å². The zero-order chi connectivity index (χ0) is 11.8. The van der Waals surface area contributed by atoms with Crippen LogP contribution in [0, 0.1) is 0 Å². The monoisotopic (exact) mass is 228 g/mol. The lowest BCUT2D eigenvalue weighted by Gasteiger charge is -2.12. The Labute approximate surface area is 95.3 Å². The average molecular weight is 228 g/mol. The maximum atomic E-state index is 11.4. The van der Waals surface area contributed by atoms with E-state index in [-0.39, 0.29) is 12.5 Å². The van der Waals surface area contributed by atoms with Crippen molar-refractivity contribution >= 4 is 11.9 Å². The van der Waals surface area contributed by atoms with Gasteiger partial charge in [-0.25, -0.2) is 4.79 Å². The number of hydrogen-bond donors (Lipinski definition) is 4. The Bertz CT molecular complexity index is 239. The van der Waals surface area contributed by atoms with Crippen molar-refractivity contribution in [3.8, 4) is 0 Å². The molecule has 1 aliphatic carbocycles. The second-order valence-electron chi connectivity index (χ2n) is 4.02. The molecule has 0 aromatic carbocycles. The first kappa shape index (κ1) is 12.8. The third kappa shape index (κ3) is 5.55. The first-order chi connectivity index (χ1) is 7.68. The van der Waals surface area contributed by atoms with E-state index in [1.54, 1.807) is 0 Å². The molecule has 6 heteroatoms. The largest absolute Gasteiger partial charge is 0.352 e. The summed E-state index contributed by atoms with van der Waals surface area (Å²) in [6.07, 6.45) is 4.60. The van der Waals surface area contributed by atoms with Gasteiger partial charge in [-0.2, -0.15) is 0 Å². The second kappa shape index (κ2) is 7.05. The van der Waals surface area contributed by atoms with Crippen LogP contribution in [0.1, 0.15) is 25.7 Å². The van der Waals surface area contributed by atoms with Gasteiger partial charge in [-0.3, -0.25) is 4.79 Å². The van der Waals surface area contributed by atoms with Crippen LogP contribution in [0.2, 0.25) is 0 Å². The summed E-state index contributed by atoms with van der Waals surface area (Å²) in [4.78, 5) is 21.7. The molecule has 0 radical (unpaired) electrons. The molecule has 16 heavy (non-hydrogen) atoms. The number of urea groups is 1. The second-order valence-corrected chi connectivity index (χ2v) is 4.02. The fourth-order valence-electron chi connectivity index (χ4n) is 1.82. The molecular formula is C10H20N4O2. The van der Waals surface area contributed by atoms with Crippen molar-refractivity contribution in [2.75, 3.05) is 19.6 Å². The number of primary amides is 1. The molecule has 0 atom stereocenters. The summed E-state index contributed by atoms with van der Waals surface area (Å²) < 4.78 is 0. The predicted molar refractivity (Wildman–Crippen MR) is 60.9 cm³/mol. The molecule has 0 saturated heterocycles. The highest BCUT2D eigenvalue weighted by Gasteiger charge is 2.16. The summed E-state index contributed by atoms with van der Waals surface area (Å²) >= 11 is 0. The van der Waals surface area contributed by atoms with E-state index in [0.717, 1.165) is 12.8 Å². The van der Waals surface area contributed by atoms with Gasteiger partial charge in [0.1, 0.15) is 0 Å². The van der Waals surface area contributed by atoms with E-state index in [4.69, 9.17) is 5.73 Å². The first-order valence-electron chi connectivity index (χ1n) is 5.72. The molecule has 0 unspecified atom stereocenters. The zero-order valence-corrected chi connectivity index (χ0v) is 9.42. The Kier molecular flexibility index (Phi) is 5.63. The molecule has 1 saturated carbocycles. The summed E-state index contributed by atoms with van der Waals surface area (Å²) in [6, 6.07) is -0.185. The molecular weight excluding hydrogens is 208 g/mol. The minimum atomic E-state index is -0.544. The maximum Gasteiger partial charge on any atom is 0.312 e. The molecule has 6 nitrogen and oxygen atoms in total. The summed E-state index contributed by atoms with van der Waals surface area (Å²) in [5.74, 6) is 0.0194. The Hall–Kier alpha value is -1.30. The Morgan fingerprint density at radius 2 is 1.88 bits per heavy atom. The van der Waals surface area contributed by atoms with Gasteiger partial charge < -0.3 is 21.7 Å². The van der Waals surface area contributed by atoms with Crippen LogP contribution < -0.4 is 21.7 Å². The number of carbonyl (C=O) groups is 2. The number of rotatable bonds is 6. The van der Waals surface area contributed by atoms with Crippen LogP contribution in [-0.4, -0.2) is 37.6 Å². The number of nitrogens with two attached hydrogens (primary N) is 1. The molecule has 0 spiro atoms. The molecule has 1 fully saturated rings. The van der Waals surface area contributed by atoms with Crippen LogP contribution in [-0.2, 0) is 4.79 Å². The van der Waals surface area contributed by atoms with Crippen molar-refractivity contribution in [2.45, 2.75) is 31.7 Å². The molecule has 1 aliphatic rings. The number of carbonyl (C=O) groups excluding carboxylic acids is 2. The topological polar surface area (TPSA) is 96.2 Å². The SMILES string of the molecule is NC(=O)NCCNCC(=O)NC1CCCC1.